The van der Waals surface area contributed by atoms with Gasteiger partial charge in [-0.25, -0.2) is 8.78 Å². The second-order valence-corrected chi connectivity index (χ2v) is 4.52. The van der Waals surface area contributed by atoms with Gasteiger partial charge in [0.05, 0.1) is 5.69 Å². The first kappa shape index (κ1) is 15.6. The van der Waals surface area contributed by atoms with Crippen molar-refractivity contribution in [3.8, 4) is 11.8 Å². The van der Waals surface area contributed by atoms with Gasteiger partial charge in [-0.15, -0.1) is 0 Å². The van der Waals surface area contributed by atoms with Gasteiger partial charge in [0.25, 0.3) is 5.91 Å². The normalized spacial score (nSPS) is 9.73. The maximum Gasteiger partial charge on any atom is 0.300 e. The van der Waals surface area contributed by atoms with Crippen molar-refractivity contribution in [3.63, 3.8) is 0 Å². The number of pyridine rings is 1. The fraction of sp³-hybridized carbons (Fsp3) is 0.176. The quantitative estimate of drug-likeness (QED) is 0.881. The minimum Gasteiger partial charge on any atom is -0.315 e. The minimum atomic E-state index is -0.598. The number of rotatable bonds is 4. The Morgan fingerprint density at radius 3 is 2.59 bits per heavy atom. The van der Waals surface area contributed by atoms with Crippen molar-refractivity contribution in [1.82, 2.24) is 4.98 Å². The van der Waals surface area contributed by atoms with Crippen molar-refractivity contribution < 1.29 is 13.6 Å². The van der Waals surface area contributed by atoms with Crippen LogP contribution in [0.5, 0.6) is 0 Å². The van der Waals surface area contributed by atoms with E-state index in [9.17, 15) is 13.6 Å². The van der Waals surface area contributed by atoms with Gasteiger partial charge in [0.1, 0.15) is 12.5 Å². The summed E-state index contributed by atoms with van der Waals surface area (Å²) in [7, 11) is 0. The summed E-state index contributed by atoms with van der Waals surface area (Å²) in [5.74, 6) is 4.35. The molecular formula is C17H14F2N2O. The van der Waals surface area contributed by atoms with Crippen molar-refractivity contribution in [3.05, 3.63) is 59.7 Å². The first-order chi connectivity index (χ1) is 10.7. The monoisotopic (exact) mass is 300 g/mol. The summed E-state index contributed by atoms with van der Waals surface area (Å²) >= 11 is 0. The average molecular weight is 300 g/mol. The summed E-state index contributed by atoms with van der Waals surface area (Å²) in [5, 5.41) is 2.54. The number of aryl methyl sites for hydroxylation is 1. The average Bonchev–Trinajstić information content (AvgIpc) is 2.54. The molecular weight excluding hydrogens is 286 g/mol. The van der Waals surface area contributed by atoms with Gasteiger partial charge >= 0.3 is 0 Å². The molecule has 1 aromatic carbocycles. The van der Waals surface area contributed by atoms with Crippen LogP contribution in [0.3, 0.4) is 0 Å². The first-order valence-electron chi connectivity index (χ1n) is 6.73. The van der Waals surface area contributed by atoms with Crippen LogP contribution < -0.4 is 5.32 Å². The number of halogens is 2. The number of hydrogen-bond donors (Lipinski definition) is 1. The van der Waals surface area contributed by atoms with Gasteiger partial charge in [-0.1, -0.05) is 12.0 Å². The molecule has 2 rings (SSSR count). The number of amides is 1. The van der Waals surface area contributed by atoms with E-state index in [2.05, 4.69) is 22.1 Å². The number of hydrogen-bond acceptors (Lipinski definition) is 2. The number of benzene rings is 1. The highest BCUT2D eigenvalue weighted by atomic mass is 19.1. The van der Waals surface area contributed by atoms with Crippen molar-refractivity contribution in [1.29, 1.82) is 0 Å². The molecule has 0 saturated carbocycles. The van der Waals surface area contributed by atoms with Gasteiger partial charge < -0.3 is 5.32 Å². The summed E-state index contributed by atoms with van der Waals surface area (Å²) in [6.07, 6.45) is 0.990. The summed E-state index contributed by atoms with van der Waals surface area (Å²) in [5.41, 5.74) is 1.61. The van der Waals surface area contributed by atoms with Crippen LogP contribution in [-0.2, 0) is 17.9 Å². The van der Waals surface area contributed by atoms with Gasteiger partial charge in [-0.2, -0.15) is 0 Å². The van der Waals surface area contributed by atoms with E-state index < -0.39 is 12.6 Å². The van der Waals surface area contributed by atoms with Crippen molar-refractivity contribution >= 4 is 11.6 Å². The zero-order valence-electron chi connectivity index (χ0n) is 11.8. The number of alkyl halides is 1. The van der Waals surface area contributed by atoms with Crippen LogP contribution in [0.15, 0.2) is 42.5 Å². The molecule has 1 N–H and O–H groups in total. The molecule has 0 spiro atoms. The molecule has 1 heterocycles. The Morgan fingerprint density at radius 1 is 1.14 bits per heavy atom. The Morgan fingerprint density at radius 2 is 1.86 bits per heavy atom. The van der Waals surface area contributed by atoms with Gasteiger partial charge in [0.15, 0.2) is 0 Å². The van der Waals surface area contributed by atoms with Gasteiger partial charge in [-0.3, -0.25) is 9.78 Å². The van der Waals surface area contributed by atoms with E-state index >= 15 is 0 Å². The zero-order valence-corrected chi connectivity index (χ0v) is 11.8. The molecule has 1 amide bonds. The van der Waals surface area contributed by atoms with Crippen molar-refractivity contribution in [2.45, 2.75) is 19.5 Å². The maximum absolute atomic E-state index is 12.7. The largest absolute Gasteiger partial charge is 0.315 e. The summed E-state index contributed by atoms with van der Waals surface area (Å²) in [6, 6.07) is 10.6. The third-order valence-electron chi connectivity index (χ3n) is 2.81. The Balaban J connectivity index is 1.82. The van der Waals surface area contributed by atoms with Gasteiger partial charge in [0, 0.05) is 24.2 Å². The van der Waals surface area contributed by atoms with Crippen LogP contribution in [0.1, 0.15) is 17.8 Å². The molecule has 22 heavy (non-hydrogen) atoms. The smallest absolute Gasteiger partial charge is 0.300 e. The van der Waals surface area contributed by atoms with Gasteiger partial charge in [-0.05, 0) is 42.3 Å². The van der Waals surface area contributed by atoms with E-state index in [-0.39, 0.29) is 5.82 Å². The number of anilines is 1. The topological polar surface area (TPSA) is 42.0 Å². The molecule has 1 aromatic heterocycles. The number of aromatic nitrogens is 1. The fourth-order valence-corrected chi connectivity index (χ4v) is 1.77. The summed E-state index contributed by atoms with van der Waals surface area (Å²) in [6.45, 7) is -0.598. The van der Waals surface area contributed by atoms with E-state index in [0.29, 0.717) is 24.2 Å². The van der Waals surface area contributed by atoms with Crippen LogP contribution in [0.2, 0.25) is 0 Å². The molecule has 0 aliphatic carbocycles. The third kappa shape index (κ3) is 4.98. The molecule has 0 saturated heterocycles. The number of nitrogens with zero attached hydrogens (tertiary/aromatic N) is 1. The molecule has 0 bridgehead atoms. The van der Waals surface area contributed by atoms with Crippen LogP contribution in [0.25, 0.3) is 0 Å². The SMILES string of the molecule is O=C(C#CCCc1cccc(CF)n1)Nc1ccc(F)cc1. The minimum absolute atomic E-state index is 0.368. The predicted molar refractivity (Wildman–Crippen MR) is 80.2 cm³/mol. The van der Waals surface area contributed by atoms with E-state index in [1.165, 1.54) is 24.3 Å². The molecule has 0 aliphatic rings. The molecule has 0 aliphatic heterocycles. The van der Waals surface area contributed by atoms with Gasteiger partial charge in [0.2, 0.25) is 0 Å². The third-order valence-corrected chi connectivity index (χ3v) is 2.81. The predicted octanol–water partition coefficient (Wildman–Crippen LogP) is 3.26. The Labute approximate surface area is 127 Å². The first-order valence-corrected chi connectivity index (χ1v) is 6.73. The molecule has 112 valence electrons. The molecule has 0 radical (unpaired) electrons. The molecule has 0 fully saturated rings. The van der Waals surface area contributed by atoms with Crippen molar-refractivity contribution in [2.24, 2.45) is 0 Å². The van der Waals surface area contributed by atoms with Crippen LogP contribution >= 0.6 is 0 Å². The van der Waals surface area contributed by atoms with E-state index in [1.54, 1.807) is 18.2 Å². The summed E-state index contributed by atoms with van der Waals surface area (Å²) in [4.78, 5) is 15.7. The Hall–Kier alpha value is -2.74. The highest BCUT2D eigenvalue weighted by molar-refractivity contribution is 6.03. The lowest BCUT2D eigenvalue weighted by Gasteiger charge is -2.00. The molecule has 0 unspecified atom stereocenters. The van der Waals surface area contributed by atoms with E-state index in [4.69, 9.17) is 0 Å². The number of carbonyl (C=O) groups excluding carboxylic acids is 1. The highest BCUT2D eigenvalue weighted by Crippen LogP contribution is 2.07. The lowest BCUT2D eigenvalue weighted by molar-refractivity contribution is -0.111. The number of carbonyl (C=O) groups is 1. The van der Waals surface area contributed by atoms with E-state index in [1.807, 2.05) is 0 Å². The van der Waals surface area contributed by atoms with E-state index in [0.717, 1.165) is 5.69 Å². The standard InChI is InChI=1S/C17H14F2N2O/c18-12-16-6-3-5-14(20-16)4-1-2-7-17(22)21-15-10-8-13(19)9-11-15/h3,5-6,8-11H,1,4,12H2,(H,21,22). The Bertz CT molecular complexity index is 703. The zero-order chi connectivity index (χ0) is 15.8. The molecule has 0 atom stereocenters. The molecule has 3 nitrogen and oxygen atoms in total. The second-order valence-electron chi connectivity index (χ2n) is 4.52. The Kier molecular flexibility index (Phi) is 5.61. The second kappa shape index (κ2) is 7.89. The van der Waals surface area contributed by atoms with Crippen LogP contribution in [0, 0.1) is 17.7 Å². The van der Waals surface area contributed by atoms with Crippen LogP contribution in [0.4, 0.5) is 14.5 Å². The molecule has 2 aromatic rings. The highest BCUT2D eigenvalue weighted by Gasteiger charge is 1.99. The van der Waals surface area contributed by atoms with Crippen LogP contribution in [-0.4, -0.2) is 10.9 Å². The van der Waals surface area contributed by atoms with Crippen molar-refractivity contribution in [2.75, 3.05) is 5.32 Å². The maximum atomic E-state index is 12.7. The fourth-order valence-electron chi connectivity index (χ4n) is 1.77. The summed E-state index contributed by atoms with van der Waals surface area (Å²) < 4.78 is 25.2. The lowest BCUT2D eigenvalue weighted by Crippen LogP contribution is -2.08. The lowest BCUT2D eigenvalue weighted by atomic mass is 10.2. The molecule has 5 heteroatoms. The number of nitrogens with one attached hydrogen (secondary N) is 1.